The monoisotopic (exact) mass is 244 g/mol. The molecule has 1 aromatic carbocycles. The quantitative estimate of drug-likeness (QED) is 0.810. The first-order chi connectivity index (χ1) is 8.75. The van der Waals surface area contributed by atoms with Crippen molar-refractivity contribution in [2.24, 2.45) is 0 Å². The van der Waals surface area contributed by atoms with Gasteiger partial charge >= 0.3 is 6.09 Å². The molecule has 0 spiro atoms. The number of carboxylic acid groups (broad SMARTS) is 1. The average Bonchev–Trinajstić information content (AvgIpc) is 2.82. The second-order valence-corrected chi connectivity index (χ2v) is 4.83. The summed E-state index contributed by atoms with van der Waals surface area (Å²) in [6.45, 7) is 1.28. The average molecular weight is 244 g/mol. The normalized spacial score (nSPS) is 17.2. The van der Waals surface area contributed by atoms with Crippen LogP contribution in [-0.2, 0) is 0 Å². The molecule has 4 heteroatoms. The summed E-state index contributed by atoms with van der Waals surface area (Å²) in [6, 6.07) is 8.28. The van der Waals surface area contributed by atoms with Crippen LogP contribution in [-0.4, -0.2) is 34.2 Å². The summed E-state index contributed by atoms with van der Waals surface area (Å²) < 4.78 is 0. The number of benzene rings is 1. The lowest BCUT2D eigenvalue weighted by atomic mass is 9.89. The molecule has 0 saturated carbocycles. The number of amides is 1. The molecule has 0 unspecified atom stereocenters. The van der Waals surface area contributed by atoms with Crippen molar-refractivity contribution in [1.29, 1.82) is 0 Å². The van der Waals surface area contributed by atoms with E-state index in [0.29, 0.717) is 19.0 Å². The summed E-state index contributed by atoms with van der Waals surface area (Å²) in [7, 11) is 0. The summed E-state index contributed by atoms with van der Waals surface area (Å²) in [4.78, 5) is 15.7. The lowest BCUT2D eigenvalue weighted by Crippen LogP contribution is -2.36. The van der Waals surface area contributed by atoms with Gasteiger partial charge in [0, 0.05) is 30.2 Å². The van der Waals surface area contributed by atoms with E-state index in [1.165, 1.54) is 15.8 Å². The van der Waals surface area contributed by atoms with Crippen molar-refractivity contribution >= 4 is 17.0 Å². The van der Waals surface area contributed by atoms with E-state index in [1.54, 1.807) is 0 Å². The molecule has 1 fully saturated rings. The van der Waals surface area contributed by atoms with Gasteiger partial charge in [0.05, 0.1) is 0 Å². The Kier molecular flexibility index (Phi) is 2.70. The van der Waals surface area contributed by atoms with Crippen LogP contribution in [0, 0.1) is 0 Å². The summed E-state index contributed by atoms with van der Waals surface area (Å²) in [5, 5.41) is 10.2. The van der Waals surface area contributed by atoms with Gasteiger partial charge in [0.2, 0.25) is 0 Å². The Morgan fingerprint density at radius 2 is 2.00 bits per heavy atom. The zero-order valence-electron chi connectivity index (χ0n) is 10.1. The number of nitrogens with zero attached hydrogens (tertiary/aromatic N) is 1. The lowest BCUT2D eigenvalue weighted by Gasteiger charge is -2.29. The molecule has 1 saturated heterocycles. The highest BCUT2D eigenvalue weighted by molar-refractivity contribution is 5.83. The third-order valence-electron chi connectivity index (χ3n) is 3.83. The molecule has 1 aromatic heterocycles. The summed E-state index contributed by atoms with van der Waals surface area (Å²) >= 11 is 0. The van der Waals surface area contributed by atoms with Crippen LogP contribution >= 0.6 is 0 Å². The molecule has 0 atom stereocenters. The highest BCUT2D eigenvalue weighted by atomic mass is 16.4. The largest absolute Gasteiger partial charge is 0.465 e. The highest BCUT2D eigenvalue weighted by Crippen LogP contribution is 2.32. The number of carbonyl (C=O) groups is 1. The molecular weight excluding hydrogens is 228 g/mol. The third-order valence-corrected chi connectivity index (χ3v) is 3.83. The highest BCUT2D eigenvalue weighted by Gasteiger charge is 2.24. The molecule has 0 aliphatic carbocycles. The maximum atomic E-state index is 10.9. The molecule has 2 aromatic rings. The van der Waals surface area contributed by atoms with E-state index in [9.17, 15) is 4.79 Å². The molecule has 0 radical (unpaired) electrons. The molecular formula is C14H16N2O2. The van der Waals surface area contributed by atoms with Crippen LogP contribution in [0.15, 0.2) is 30.5 Å². The van der Waals surface area contributed by atoms with Gasteiger partial charge in [0.25, 0.3) is 0 Å². The predicted molar refractivity (Wildman–Crippen MR) is 69.9 cm³/mol. The van der Waals surface area contributed by atoms with Crippen molar-refractivity contribution in [1.82, 2.24) is 9.88 Å². The summed E-state index contributed by atoms with van der Waals surface area (Å²) in [5.41, 5.74) is 2.49. The van der Waals surface area contributed by atoms with Crippen LogP contribution in [0.25, 0.3) is 10.9 Å². The van der Waals surface area contributed by atoms with Crippen LogP contribution in [0.4, 0.5) is 4.79 Å². The van der Waals surface area contributed by atoms with E-state index in [2.05, 4.69) is 23.3 Å². The number of aromatic amines is 1. The van der Waals surface area contributed by atoms with Crippen molar-refractivity contribution in [3.63, 3.8) is 0 Å². The summed E-state index contributed by atoms with van der Waals surface area (Å²) in [5.74, 6) is 0.469. The van der Waals surface area contributed by atoms with Crippen LogP contribution in [0.5, 0.6) is 0 Å². The van der Waals surface area contributed by atoms with E-state index < -0.39 is 6.09 Å². The van der Waals surface area contributed by atoms with Gasteiger partial charge in [-0.15, -0.1) is 0 Å². The number of aromatic nitrogens is 1. The van der Waals surface area contributed by atoms with Gasteiger partial charge in [-0.2, -0.15) is 0 Å². The second-order valence-electron chi connectivity index (χ2n) is 4.83. The topological polar surface area (TPSA) is 56.3 Å². The second kappa shape index (κ2) is 4.37. The standard InChI is InChI=1S/C14H16N2O2/c17-14(18)16-7-5-10(6-8-16)12-9-15-13-4-2-1-3-11(12)13/h1-4,9-10,15H,5-8H2,(H,17,18). The Labute approximate surface area is 105 Å². The van der Waals surface area contributed by atoms with E-state index in [4.69, 9.17) is 5.11 Å². The van der Waals surface area contributed by atoms with Crippen molar-refractivity contribution in [3.8, 4) is 0 Å². The number of rotatable bonds is 1. The minimum atomic E-state index is -0.799. The molecule has 2 N–H and O–H groups in total. The number of fused-ring (bicyclic) bond motifs is 1. The first-order valence-corrected chi connectivity index (χ1v) is 6.29. The van der Waals surface area contributed by atoms with Gasteiger partial charge in [0.15, 0.2) is 0 Å². The fourth-order valence-corrected chi connectivity index (χ4v) is 2.81. The fourth-order valence-electron chi connectivity index (χ4n) is 2.81. The minimum Gasteiger partial charge on any atom is -0.465 e. The van der Waals surface area contributed by atoms with Gasteiger partial charge in [-0.3, -0.25) is 0 Å². The number of H-pyrrole nitrogens is 1. The van der Waals surface area contributed by atoms with E-state index in [0.717, 1.165) is 18.4 Å². The summed E-state index contributed by atoms with van der Waals surface area (Å²) in [6.07, 6.45) is 3.10. The molecule has 18 heavy (non-hydrogen) atoms. The van der Waals surface area contributed by atoms with E-state index in [-0.39, 0.29) is 0 Å². The smallest absolute Gasteiger partial charge is 0.407 e. The zero-order chi connectivity index (χ0) is 12.5. The molecule has 1 amide bonds. The molecule has 1 aliphatic heterocycles. The van der Waals surface area contributed by atoms with Crippen LogP contribution < -0.4 is 0 Å². The van der Waals surface area contributed by atoms with E-state index in [1.807, 2.05) is 12.1 Å². The Bertz CT molecular complexity index is 568. The number of para-hydroxylation sites is 1. The lowest BCUT2D eigenvalue weighted by molar-refractivity contribution is 0.132. The number of hydrogen-bond donors (Lipinski definition) is 2. The van der Waals surface area contributed by atoms with Crippen molar-refractivity contribution in [2.45, 2.75) is 18.8 Å². The van der Waals surface area contributed by atoms with Crippen molar-refractivity contribution in [2.75, 3.05) is 13.1 Å². The predicted octanol–water partition coefficient (Wildman–Crippen LogP) is 3.03. The number of likely N-dealkylation sites (tertiary alicyclic amines) is 1. The first-order valence-electron chi connectivity index (χ1n) is 6.29. The maximum absolute atomic E-state index is 10.9. The number of hydrogen-bond acceptors (Lipinski definition) is 1. The Morgan fingerprint density at radius 1 is 1.28 bits per heavy atom. The van der Waals surface area contributed by atoms with Crippen LogP contribution in [0.1, 0.15) is 24.3 Å². The van der Waals surface area contributed by atoms with Crippen molar-refractivity contribution in [3.05, 3.63) is 36.0 Å². The fraction of sp³-hybridized carbons (Fsp3) is 0.357. The Hall–Kier alpha value is -1.97. The first kappa shape index (κ1) is 11.1. The number of piperidine rings is 1. The zero-order valence-corrected chi connectivity index (χ0v) is 10.1. The van der Waals surface area contributed by atoms with Crippen LogP contribution in [0.3, 0.4) is 0 Å². The van der Waals surface area contributed by atoms with Gasteiger partial charge in [-0.05, 0) is 30.4 Å². The molecule has 94 valence electrons. The van der Waals surface area contributed by atoms with Gasteiger partial charge < -0.3 is 15.0 Å². The molecule has 2 heterocycles. The molecule has 1 aliphatic rings. The van der Waals surface area contributed by atoms with Gasteiger partial charge in [-0.1, -0.05) is 18.2 Å². The SMILES string of the molecule is O=C(O)N1CCC(c2c[nH]c3ccccc23)CC1. The minimum absolute atomic E-state index is 0.469. The molecule has 3 rings (SSSR count). The van der Waals surface area contributed by atoms with Crippen molar-refractivity contribution < 1.29 is 9.90 Å². The van der Waals surface area contributed by atoms with E-state index >= 15 is 0 Å². The van der Waals surface area contributed by atoms with Gasteiger partial charge in [-0.25, -0.2) is 4.79 Å². The Morgan fingerprint density at radius 3 is 2.72 bits per heavy atom. The van der Waals surface area contributed by atoms with Crippen LogP contribution in [0.2, 0.25) is 0 Å². The van der Waals surface area contributed by atoms with Gasteiger partial charge in [0.1, 0.15) is 0 Å². The number of nitrogens with one attached hydrogen (secondary N) is 1. The third kappa shape index (κ3) is 1.83. The molecule has 4 nitrogen and oxygen atoms in total. The maximum Gasteiger partial charge on any atom is 0.407 e. The Balaban J connectivity index is 1.82. The molecule has 0 bridgehead atoms.